The summed E-state index contributed by atoms with van der Waals surface area (Å²) in [5.74, 6) is 0.738. The first-order valence-corrected chi connectivity index (χ1v) is 8.99. The van der Waals surface area contributed by atoms with Crippen LogP contribution in [0.4, 0.5) is 0 Å². The maximum absolute atomic E-state index is 12.2. The lowest BCUT2D eigenvalue weighted by molar-refractivity contribution is -0.121. The van der Waals surface area contributed by atoms with E-state index in [4.69, 9.17) is 4.74 Å². The molecule has 0 saturated carbocycles. The standard InChI is InChI=1S/C18H19N3O3S/c22-16(19-9-4-11-24-14-5-2-1-3-6-14)7-10-21-13-20-17-15(18(21)23)8-12-25-17/h1-3,5-6,8,12-13H,4,7,9-11H2,(H,19,22). The van der Waals surface area contributed by atoms with Crippen molar-refractivity contribution in [2.45, 2.75) is 19.4 Å². The fourth-order valence-corrected chi connectivity index (χ4v) is 3.09. The number of amides is 1. The van der Waals surface area contributed by atoms with Crippen LogP contribution in [0.15, 0.2) is 52.9 Å². The van der Waals surface area contributed by atoms with Crippen molar-refractivity contribution < 1.29 is 9.53 Å². The van der Waals surface area contributed by atoms with Gasteiger partial charge in [-0.15, -0.1) is 11.3 Å². The molecule has 0 saturated heterocycles. The fourth-order valence-electron chi connectivity index (χ4n) is 2.37. The first-order chi connectivity index (χ1) is 12.2. The van der Waals surface area contributed by atoms with Crippen LogP contribution in [0.1, 0.15) is 12.8 Å². The molecule has 25 heavy (non-hydrogen) atoms. The molecule has 2 heterocycles. The van der Waals surface area contributed by atoms with E-state index < -0.39 is 0 Å². The molecule has 0 bridgehead atoms. The second-order valence-corrected chi connectivity index (χ2v) is 6.39. The quantitative estimate of drug-likeness (QED) is 0.629. The highest BCUT2D eigenvalue weighted by Crippen LogP contribution is 2.13. The molecule has 0 radical (unpaired) electrons. The third-order valence-corrected chi connectivity index (χ3v) is 4.51. The molecule has 1 aromatic carbocycles. The van der Waals surface area contributed by atoms with Gasteiger partial charge in [0.1, 0.15) is 10.6 Å². The molecule has 3 aromatic rings. The number of aromatic nitrogens is 2. The van der Waals surface area contributed by atoms with Gasteiger partial charge in [0, 0.05) is 19.5 Å². The minimum absolute atomic E-state index is 0.0861. The highest BCUT2D eigenvalue weighted by molar-refractivity contribution is 7.16. The lowest BCUT2D eigenvalue weighted by Crippen LogP contribution is -2.28. The lowest BCUT2D eigenvalue weighted by atomic mass is 10.3. The Kier molecular flexibility index (Phi) is 5.79. The minimum atomic E-state index is -0.102. The molecule has 0 atom stereocenters. The van der Waals surface area contributed by atoms with Gasteiger partial charge < -0.3 is 10.1 Å². The van der Waals surface area contributed by atoms with Gasteiger partial charge >= 0.3 is 0 Å². The summed E-state index contributed by atoms with van der Waals surface area (Å²) >= 11 is 1.43. The first-order valence-electron chi connectivity index (χ1n) is 8.11. The molecule has 6 nitrogen and oxygen atoms in total. The number of nitrogens with zero attached hydrogens (tertiary/aromatic N) is 2. The lowest BCUT2D eigenvalue weighted by Gasteiger charge is -2.08. The number of carbonyl (C=O) groups is 1. The molecule has 130 valence electrons. The van der Waals surface area contributed by atoms with Crippen LogP contribution in [-0.2, 0) is 11.3 Å². The molecule has 0 unspecified atom stereocenters. The van der Waals surface area contributed by atoms with Crippen molar-refractivity contribution in [1.82, 2.24) is 14.9 Å². The third-order valence-electron chi connectivity index (χ3n) is 3.69. The Morgan fingerprint density at radius 2 is 2.08 bits per heavy atom. The van der Waals surface area contributed by atoms with E-state index in [1.165, 1.54) is 22.2 Å². The molecular weight excluding hydrogens is 338 g/mol. The number of nitrogens with one attached hydrogen (secondary N) is 1. The number of hydrogen-bond acceptors (Lipinski definition) is 5. The summed E-state index contributed by atoms with van der Waals surface area (Å²) in [4.78, 5) is 29.1. The Morgan fingerprint density at radius 1 is 1.24 bits per heavy atom. The number of aryl methyl sites for hydroxylation is 1. The van der Waals surface area contributed by atoms with E-state index in [2.05, 4.69) is 10.3 Å². The van der Waals surface area contributed by atoms with E-state index in [9.17, 15) is 9.59 Å². The van der Waals surface area contributed by atoms with Crippen LogP contribution in [0.5, 0.6) is 5.75 Å². The summed E-state index contributed by atoms with van der Waals surface area (Å²) < 4.78 is 7.04. The second kappa shape index (κ2) is 8.43. The van der Waals surface area contributed by atoms with Crippen LogP contribution < -0.4 is 15.6 Å². The Labute approximate surface area is 149 Å². The van der Waals surface area contributed by atoms with Gasteiger partial charge in [-0.3, -0.25) is 14.2 Å². The van der Waals surface area contributed by atoms with Gasteiger partial charge in [0.25, 0.3) is 5.56 Å². The van der Waals surface area contributed by atoms with E-state index >= 15 is 0 Å². The molecule has 2 aromatic heterocycles. The van der Waals surface area contributed by atoms with Crippen LogP contribution in [0.2, 0.25) is 0 Å². The van der Waals surface area contributed by atoms with Crippen molar-refractivity contribution in [3.63, 3.8) is 0 Å². The molecule has 7 heteroatoms. The van der Waals surface area contributed by atoms with Gasteiger partial charge in [0.15, 0.2) is 0 Å². The fraction of sp³-hybridized carbons (Fsp3) is 0.278. The van der Waals surface area contributed by atoms with Crippen molar-refractivity contribution in [2.24, 2.45) is 0 Å². The average molecular weight is 357 g/mol. The average Bonchev–Trinajstić information content (AvgIpc) is 3.11. The Balaban J connectivity index is 1.37. The molecular formula is C18H19N3O3S. The van der Waals surface area contributed by atoms with Crippen LogP contribution in [0.3, 0.4) is 0 Å². The predicted molar refractivity (Wildman–Crippen MR) is 98.1 cm³/mol. The van der Waals surface area contributed by atoms with Crippen LogP contribution in [0, 0.1) is 0 Å². The Bertz CT molecular complexity index is 889. The number of fused-ring (bicyclic) bond motifs is 1. The van der Waals surface area contributed by atoms with E-state index in [1.807, 2.05) is 35.7 Å². The van der Waals surface area contributed by atoms with E-state index in [-0.39, 0.29) is 17.9 Å². The summed E-state index contributed by atoms with van der Waals surface area (Å²) in [6.07, 6.45) is 2.47. The predicted octanol–water partition coefficient (Wildman–Crippen LogP) is 2.43. The van der Waals surface area contributed by atoms with Gasteiger partial charge in [-0.05, 0) is 30.0 Å². The van der Waals surface area contributed by atoms with Gasteiger partial charge in [0.05, 0.1) is 18.3 Å². The van der Waals surface area contributed by atoms with Crippen molar-refractivity contribution >= 4 is 27.5 Å². The highest BCUT2D eigenvalue weighted by atomic mass is 32.1. The molecule has 0 aliphatic heterocycles. The van der Waals surface area contributed by atoms with Crippen molar-refractivity contribution in [3.05, 3.63) is 58.5 Å². The number of benzene rings is 1. The normalized spacial score (nSPS) is 10.7. The maximum Gasteiger partial charge on any atom is 0.262 e. The van der Waals surface area contributed by atoms with E-state index in [0.717, 1.165) is 17.0 Å². The largest absolute Gasteiger partial charge is 0.494 e. The number of para-hydroxylation sites is 1. The van der Waals surface area contributed by atoms with Crippen molar-refractivity contribution in [1.29, 1.82) is 0 Å². The second-order valence-electron chi connectivity index (χ2n) is 5.50. The summed E-state index contributed by atoms with van der Waals surface area (Å²) in [6, 6.07) is 11.3. The van der Waals surface area contributed by atoms with E-state index in [0.29, 0.717) is 25.1 Å². The van der Waals surface area contributed by atoms with Gasteiger partial charge in [-0.2, -0.15) is 0 Å². The monoisotopic (exact) mass is 357 g/mol. The van der Waals surface area contributed by atoms with Crippen LogP contribution in [-0.4, -0.2) is 28.6 Å². The maximum atomic E-state index is 12.2. The number of hydrogen-bond donors (Lipinski definition) is 1. The minimum Gasteiger partial charge on any atom is -0.494 e. The summed E-state index contributed by atoms with van der Waals surface area (Å²) in [7, 11) is 0. The topological polar surface area (TPSA) is 73.2 Å². The van der Waals surface area contributed by atoms with Crippen LogP contribution in [0.25, 0.3) is 10.2 Å². The third kappa shape index (κ3) is 4.67. The van der Waals surface area contributed by atoms with Gasteiger partial charge in [-0.25, -0.2) is 4.98 Å². The number of ether oxygens (including phenoxy) is 1. The molecule has 3 rings (SSSR count). The zero-order valence-corrected chi connectivity index (χ0v) is 14.5. The SMILES string of the molecule is O=C(CCn1cnc2sccc2c1=O)NCCCOc1ccccc1. The molecule has 1 amide bonds. The Morgan fingerprint density at radius 3 is 2.92 bits per heavy atom. The smallest absolute Gasteiger partial charge is 0.262 e. The van der Waals surface area contributed by atoms with Crippen molar-refractivity contribution in [3.8, 4) is 5.75 Å². The molecule has 0 fully saturated rings. The number of rotatable bonds is 8. The zero-order valence-electron chi connectivity index (χ0n) is 13.7. The highest BCUT2D eigenvalue weighted by Gasteiger charge is 2.07. The van der Waals surface area contributed by atoms with Gasteiger partial charge in [-0.1, -0.05) is 18.2 Å². The Hall–Kier alpha value is -2.67. The summed E-state index contributed by atoms with van der Waals surface area (Å²) in [6.45, 7) is 1.41. The zero-order chi connectivity index (χ0) is 17.5. The number of thiophene rings is 1. The summed E-state index contributed by atoms with van der Waals surface area (Å²) in [5.41, 5.74) is -0.102. The molecule has 0 spiro atoms. The summed E-state index contributed by atoms with van der Waals surface area (Å²) in [5, 5.41) is 5.28. The van der Waals surface area contributed by atoms with Crippen molar-refractivity contribution in [2.75, 3.05) is 13.2 Å². The molecule has 0 aliphatic rings. The van der Waals surface area contributed by atoms with Gasteiger partial charge in [0.2, 0.25) is 5.91 Å². The molecule has 1 N–H and O–H groups in total. The molecule has 0 aliphatic carbocycles. The first kappa shape index (κ1) is 17.2. The number of carbonyl (C=O) groups excluding carboxylic acids is 1. The van der Waals surface area contributed by atoms with Crippen LogP contribution >= 0.6 is 11.3 Å². The van der Waals surface area contributed by atoms with E-state index in [1.54, 1.807) is 6.07 Å².